The summed E-state index contributed by atoms with van der Waals surface area (Å²) in [5.41, 5.74) is 2.07. The summed E-state index contributed by atoms with van der Waals surface area (Å²) in [6.45, 7) is 7.15. The largest absolute Gasteiger partial charge is 0.497 e. The maximum Gasteiger partial charge on any atom is 0.324 e. The van der Waals surface area contributed by atoms with Gasteiger partial charge in [-0.15, -0.1) is 0 Å². The SMILES string of the molecule is COc1ccc(-c2noc(N3CCC(C(=O)NCC4CCN(Cc5occc5C)C4)CC3)n2)cc1. The van der Waals surface area contributed by atoms with Crippen molar-refractivity contribution in [2.75, 3.05) is 44.7 Å². The van der Waals surface area contributed by atoms with E-state index in [0.29, 0.717) is 17.8 Å². The smallest absolute Gasteiger partial charge is 0.324 e. The van der Waals surface area contributed by atoms with Gasteiger partial charge in [-0.05, 0) is 74.5 Å². The Kier molecular flexibility index (Phi) is 7.03. The summed E-state index contributed by atoms with van der Waals surface area (Å²) in [5, 5.41) is 7.33. The number of aryl methyl sites for hydroxylation is 1. The number of carbonyl (C=O) groups is 1. The maximum atomic E-state index is 12.8. The standard InChI is InChI=1S/C26H33N5O4/c1-18-10-14-34-23(18)17-30-11-7-19(16-30)15-27-25(32)21-8-12-31(13-9-21)26-28-24(29-35-26)20-3-5-22(33-2)6-4-20/h3-6,10,14,19,21H,7-9,11-13,15-17H2,1-2H3,(H,27,32). The zero-order valence-electron chi connectivity index (χ0n) is 20.4. The van der Waals surface area contributed by atoms with Crippen LogP contribution in [0.5, 0.6) is 5.75 Å². The summed E-state index contributed by atoms with van der Waals surface area (Å²) in [7, 11) is 1.64. The molecule has 2 aromatic heterocycles. The highest BCUT2D eigenvalue weighted by Crippen LogP contribution is 2.26. The molecular weight excluding hydrogens is 446 g/mol. The van der Waals surface area contributed by atoms with Crippen LogP contribution in [-0.2, 0) is 11.3 Å². The van der Waals surface area contributed by atoms with Gasteiger partial charge in [-0.2, -0.15) is 4.98 Å². The molecule has 3 aromatic rings. The van der Waals surface area contributed by atoms with Gasteiger partial charge in [0.05, 0.1) is 19.9 Å². The number of hydrogen-bond acceptors (Lipinski definition) is 8. The third kappa shape index (κ3) is 5.51. The Morgan fingerprint density at radius 2 is 1.94 bits per heavy atom. The van der Waals surface area contributed by atoms with Crippen molar-refractivity contribution in [2.24, 2.45) is 11.8 Å². The van der Waals surface area contributed by atoms with E-state index in [1.807, 2.05) is 30.3 Å². The van der Waals surface area contributed by atoms with Crippen LogP contribution >= 0.6 is 0 Å². The lowest BCUT2D eigenvalue weighted by molar-refractivity contribution is -0.125. The summed E-state index contributed by atoms with van der Waals surface area (Å²) >= 11 is 0. The fourth-order valence-corrected chi connectivity index (χ4v) is 4.92. The van der Waals surface area contributed by atoms with Gasteiger partial charge in [-0.1, -0.05) is 5.16 Å². The van der Waals surface area contributed by atoms with E-state index in [-0.39, 0.29) is 11.8 Å². The van der Waals surface area contributed by atoms with Crippen LogP contribution < -0.4 is 15.0 Å². The number of carbonyl (C=O) groups excluding carboxylic acids is 1. The predicted molar refractivity (Wildman–Crippen MR) is 131 cm³/mol. The van der Waals surface area contributed by atoms with Crippen LogP contribution in [-0.4, -0.2) is 60.8 Å². The normalized spacial score (nSPS) is 19.3. The Balaban J connectivity index is 1.05. The first-order valence-electron chi connectivity index (χ1n) is 12.3. The van der Waals surface area contributed by atoms with Crippen LogP contribution in [0.4, 0.5) is 6.01 Å². The van der Waals surface area contributed by atoms with Gasteiger partial charge < -0.3 is 23.9 Å². The molecule has 0 saturated carbocycles. The van der Waals surface area contributed by atoms with Crippen LogP contribution in [0, 0.1) is 18.8 Å². The number of methoxy groups -OCH3 is 1. The summed E-state index contributed by atoms with van der Waals surface area (Å²) in [4.78, 5) is 21.8. The molecular formula is C26H33N5O4. The molecule has 35 heavy (non-hydrogen) atoms. The monoisotopic (exact) mass is 479 g/mol. The third-order valence-corrected chi connectivity index (χ3v) is 7.17. The van der Waals surface area contributed by atoms with Crippen LogP contribution in [0.2, 0.25) is 0 Å². The molecule has 1 aromatic carbocycles. The number of likely N-dealkylation sites (tertiary alicyclic amines) is 1. The lowest BCUT2D eigenvalue weighted by Gasteiger charge is -2.30. The van der Waals surface area contributed by atoms with Gasteiger partial charge >= 0.3 is 6.01 Å². The minimum atomic E-state index is 0.0264. The molecule has 2 aliphatic rings. The van der Waals surface area contributed by atoms with E-state index in [4.69, 9.17) is 13.7 Å². The van der Waals surface area contributed by atoms with Crippen molar-refractivity contribution in [1.82, 2.24) is 20.4 Å². The summed E-state index contributed by atoms with van der Waals surface area (Å²) < 4.78 is 16.3. The van der Waals surface area contributed by atoms with Gasteiger partial charge in [0.1, 0.15) is 11.5 Å². The number of benzene rings is 1. The molecule has 2 aliphatic heterocycles. The maximum absolute atomic E-state index is 12.8. The molecule has 2 fully saturated rings. The van der Waals surface area contributed by atoms with Crippen LogP contribution in [0.3, 0.4) is 0 Å². The molecule has 0 radical (unpaired) electrons. The van der Waals surface area contributed by atoms with Crippen molar-refractivity contribution < 1.29 is 18.5 Å². The number of hydrogen-bond donors (Lipinski definition) is 1. The Hall–Kier alpha value is -3.33. The highest BCUT2D eigenvalue weighted by Gasteiger charge is 2.29. The molecule has 0 spiro atoms. The number of anilines is 1. The minimum Gasteiger partial charge on any atom is -0.497 e. The average Bonchev–Trinajstić information content (AvgIpc) is 3.65. The van der Waals surface area contributed by atoms with Crippen molar-refractivity contribution >= 4 is 11.9 Å². The Morgan fingerprint density at radius 1 is 1.14 bits per heavy atom. The molecule has 0 aliphatic carbocycles. The summed E-state index contributed by atoms with van der Waals surface area (Å²) in [6, 6.07) is 10.1. The van der Waals surface area contributed by atoms with E-state index < -0.39 is 0 Å². The van der Waals surface area contributed by atoms with E-state index in [2.05, 4.69) is 32.2 Å². The number of aromatic nitrogens is 2. The Morgan fingerprint density at radius 3 is 2.66 bits per heavy atom. The third-order valence-electron chi connectivity index (χ3n) is 7.17. The number of piperidine rings is 1. The topological polar surface area (TPSA) is 96.9 Å². The molecule has 0 bridgehead atoms. The van der Waals surface area contributed by atoms with Gasteiger partial charge in [0.2, 0.25) is 11.7 Å². The first-order chi connectivity index (χ1) is 17.1. The number of furan rings is 1. The molecule has 1 N–H and O–H groups in total. The van der Waals surface area contributed by atoms with Gasteiger partial charge in [-0.25, -0.2) is 0 Å². The highest BCUT2D eigenvalue weighted by molar-refractivity contribution is 5.79. The fraction of sp³-hybridized carbons (Fsp3) is 0.500. The molecule has 2 saturated heterocycles. The second-order valence-electron chi connectivity index (χ2n) is 9.55. The molecule has 9 heteroatoms. The van der Waals surface area contributed by atoms with E-state index in [9.17, 15) is 4.79 Å². The second-order valence-corrected chi connectivity index (χ2v) is 9.55. The van der Waals surface area contributed by atoms with Crippen molar-refractivity contribution in [1.29, 1.82) is 0 Å². The number of ether oxygens (including phenoxy) is 1. The highest BCUT2D eigenvalue weighted by atomic mass is 16.5. The van der Waals surface area contributed by atoms with Crippen LogP contribution in [0.1, 0.15) is 30.6 Å². The van der Waals surface area contributed by atoms with Crippen LogP contribution in [0.15, 0.2) is 45.5 Å². The van der Waals surface area contributed by atoms with Crippen molar-refractivity contribution in [2.45, 2.75) is 32.7 Å². The molecule has 1 atom stereocenters. The number of amides is 1. The Labute approximate surface area is 205 Å². The zero-order valence-corrected chi connectivity index (χ0v) is 20.4. The predicted octanol–water partition coefficient (Wildman–Crippen LogP) is 3.50. The van der Waals surface area contributed by atoms with E-state index >= 15 is 0 Å². The molecule has 5 rings (SSSR count). The van der Waals surface area contributed by atoms with E-state index in [1.165, 1.54) is 5.56 Å². The average molecular weight is 480 g/mol. The molecule has 4 heterocycles. The van der Waals surface area contributed by atoms with Crippen molar-refractivity contribution in [3.8, 4) is 17.1 Å². The van der Waals surface area contributed by atoms with E-state index in [1.54, 1.807) is 13.4 Å². The lowest BCUT2D eigenvalue weighted by Crippen LogP contribution is -2.42. The lowest BCUT2D eigenvalue weighted by atomic mass is 9.96. The summed E-state index contributed by atoms with van der Waals surface area (Å²) in [5.74, 6) is 3.05. The van der Waals surface area contributed by atoms with Gasteiger partial charge in [0.15, 0.2) is 0 Å². The molecule has 1 unspecified atom stereocenters. The minimum absolute atomic E-state index is 0.0264. The summed E-state index contributed by atoms with van der Waals surface area (Å²) in [6.07, 6.45) is 4.41. The first-order valence-corrected chi connectivity index (χ1v) is 12.3. The zero-order chi connectivity index (χ0) is 24.2. The second kappa shape index (κ2) is 10.5. The van der Waals surface area contributed by atoms with Crippen molar-refractivity contribution in [3.63, 3.8) is 0 Å². The number of rotatable bonds is 8. The van der Waals surface area contributed by atoms with E-state index in [0.717, 1.165) is 75.6 Å². The molecule has 186 valence electrons. The van der Waals surface area contributed by atoms with Gasteiger partial charge in [-0.3, -0.25) is 9.69 Å². The Bertz CT molecular complexity index is 1120. The fourth-order valence-electron chi connectivity index (χ4n) is 4.92. The quantitative estimate of drug-likeness (QED) is 0.524. The van der Waals surface area contributed by atoms with Gasteiger partial charge in [0, 0.05) is 37.7 Å². The first kappa shape index (κ1) is 23.4. The van der Waals surface area contributed by atoms with Gasteiger partial charge in [0.25, 0.3) is 0 Å². The van der Waals surface area contributed by atoms with Crippen molar-refractivity contribution in [3.05, 3.63) is 47.9 Å². The number of nitrogens with zero attached hydrogens (tertiary/aromatic N) is 4. The molecule has 9 nitrogen and oxygen atoms in total. The molecule has 1 amide bonds. The van der Waals surface area contributed by atoms with Crippen LogP contribution in [0.25, 0.3) is 11.4 Å². The number of nitrogens with one attached hydrogen (secondary N) is 1.